The van der Waals surface area contributed by atoms with E-state index in [1.165, 1.54) is 27.9 Å². The van der Waals surface area contributed by atoms with Crippen molar-refractivity contribution in [3.63, 3.8) is 0 Å². The van der Waals surface area contributed by atoms with Crippen LogP contribution in [0.1, 0.15) is 34.3 Å². The molecule has 1 fully saturated rings. The Bertz CT molecular complexity index is 1080. The number of benzene rings is 3. The quantitative estimate of drug-likeness (QED) is 0.641. The van der Waals surface area contributed by atoms with Crippen LogP contribution in [0.4, 0.5) is 5.69 Å². The van der Waals surface area contributed by atoms with Crippen molar-refractivity contribution in [1.29, 1.82) is 0 Å². The van der Waals surface area contributed by atoms with E-state index >= 15 is 0 Å². The van der Waals surface area contributed by atoms with Gasteiger partial charge in [-0.1, -0.05) is 54.1 Å². The van der Waals surface area contributed by atoms with Crippen LogP contribution in [0.25, 0.3) is 0 Å². The van der Waals surface area contributed by atoms with Crippen LogP contribution in [0, 0.1) is 12.8 Å². The minimum atomic E-state index is 0.179. The Hall–Kier alpha value is -3.02. The van der Waals surface area contributed by atoms with Crippen LogP contribution in [0.2, 0.25) is 0 Å². The number of hydrazine groups is 1. The Morgan fingerprint density at radius 3 is 2.48 bits per heavy atom. The smallest absolute Gasteiger partial charge is 0.161 e. The van der Waals surface area contributed by atoms with Crippen LogP contribution in [-0.2, 0) is 6.54 Å². The van der Waals surface area contributed by atoms with Crippen LogP contribution >= 0.6 is 0 Å². The van der Waals surface area contributed by atoms with Crippen molar-refractivity contribution < 1.29 is 9.47 Å². The summed E-state index contributed by atoms with van der Waals surface area (Å²) in [5.41, 5.74) is 13.6. The lowest BCUT2D eigenvalue weighted by atomic mass is 9.82. The van der Waals surface area contributed by atoms with Crippen molar-refractivity contribution in [2.75, 3.05) is 25.7 Å². The minimum absolute atomic E-state index is 0.179. The van der Waals surface area contributed by atoms with Crippen LogP contribution in [0.15, 0.2) is 66.7 Å². The Morgan fingerprint density at radius 2 is 1.68 bits per heavy atom. The molecule has 0 saturated carbocycles. The molecule has 0 amide bonds. The third-order valence-electron chi connectivity index (χ3n) is 6.52. The second kappa shape index (κ2) is 8.25. The van der Waals surface area contributed by atoms with E-state index in [9.17, 15) is 0 Å². The number of para-hydroxylation sites is 1. The van der Waals surface area contributed by atoms with Gasteiger partial charge in [0.25, 0.3) is 0 Å². The molecular formula is C26H29N3O2. The van der Waals surface area contributed by atoms with E-state index in [1.807, 2.05) is 6.07 Å². The lowest BCUT2D eigenvalue weighted by molar-refractivity contribution is 0.352. The van der Waals surface area contributed by atoms with Crippen molar-refractivity contribution >= 4 is 5.69 Å². The topological polar surface area (TPSA) is 45.8 Å². The Labute approximate surface area is 184 Å². The first-order valence-corrected chi connectivity index (χ1v) is 10.8. The number of hydrogen-bond acceptors (Lipinski definition) is 5. The molecule has 3 aromatic rings. The molecule has 0 bridgehead atoms. The van der Waals surface area contributed by atoms with E-state index < -0.39 is 0 Å². The first-order chi connectivity index (χ1) is 15.2. The molecule has 3 aromatic carbocycles. The zero-order chi connectivity index (χ0) is 21.4. The number of hydrogen-bond donors (Lipinski definition) is 2. The molecule has 5 nitrogen and oxygen atoms in total. The van der Waals surface area contributed by atoms with Gasteiger partial charge in [-0.25, -0.2) is 10.9 Å². The van der Waals surface area contributed by atoms with Gasteiger partial charge in [0, 0.05) is 24.7 Å². The summed E-state index contributed by atoms with van der Waals surface area (Å²) in [6, 6.07) is 24.2. The van der Waals surface area contributed by atoms with Gasteiger partial charge >= 0.3 is 0 Å². The predicted molar refractivity (Wildman–Crippen MR) is 123 cm³/mol. The standard InChI is InChI=1S/C26H29N3O2/c1-17-7-6-8-18(13-17)15-29-16-21-25(19-11-12-23(30-2)24(14-19)31-3)27-28-26(21)20-9-4-5-10-22(20)29/h4-14,21,25-28H,15-16H2,1-3H3. The van der Waals surface area contributed by atoms with Crippen molar-refractivity contribution in [1.82, 2.24) is 10.9 Å². The average Bonchev–Trinajstić information content (AvgIpc) is 3.23. The van der Waals surface area contributed by atoms with Crippen LogP contribution in [-0.4, -0.2) is 20.8 Å². The van der Waals surface area contributed by atoms with Gasteiger partial charge in [0.1, 0.15) is 0 Å². The number of fused-ring (bicyclic) bond motifs is 3. The third kappa shape index (κ3) is 3.64. The molecule has 2 N–H and O–H groups in total. The van der Waals surface area contributed by atoms with Gasteiger partial charge in [-0.3, -0.25) is 0 Å². The van der Waals surface area contributed by atoms with Crippen LogP contribution < -0.4 is 25.2 Å². The fourth-order valence-electron chi connectivity index (χ4n) is 5.05. The number of ether oxygens (including phenoxy) is 2. The van der Waals surface area contributed by atoms with Crippen molar-refractivity contribution in [2.24, 2.45) is 5.92 Å². The molecule has 2 heterocycles. The first-order valence-electron chi connectivity index (χ1n) is 10.8. The van der Waals surface area contributed by atoms with Gasteiger partial charge in [-0.2, -0.15) is 0 Å². The van der Waals surface area contributed by atoms with Crippen molar-refractivity contribution in [3.05, 3.63) is 89.0 Å². The maximum absolute atomic E-state index is 5.56. The van der Waals surface area contributed by atoms with E-state index in [0.29, 0.717) is 5.92 Å². The highest BCUT2D eigenvalue weighted by atomic mass is 16.5. The summed E-state index contributed by atoms with van der Waals surface area (Å²) in [5.74, 6) is 1.90. The van der Waals surface area contributed by atoms with Gasteiger partial charge in [-0.05, 0) is 41.8 Å². The highest BCUT2D eigenvalue weighted by molar-refractivity contribution is 5.59. The van der Waals surface area contributed by atoms with Crippen molar-refractivity contribution in [3.8, 4) is 11.5 Å². The SMILES string of the molecule is COc1ccc(C2NNC3c4ccccc4N(Cc4cccc(C)c4)CC23)cc1OC. The molecule has 0 aromatic heterocycles. The second-order valence-electron chi connectivity index (χ2n) is 8.45. The maximum atomic E-state index is 5.56. The van der Waals surface area contributed by atoms with Gasteiger partial charge in [-0.15, -0.1) is 0 Å². The van der Waals surface area contributed by atoms with E-state index in [-0.39, 0.29) is 12.1 Å². The summed E-state index contributed by atoms with van der Waals surface area (Å²) in [7, 11) is 3.36. The van der Waals surface area contributed by atoms with Crippen LogP contribution in [0.5, 0.6) is 11.5 Å². The summed E-state index contributed by atoms with van der Waals surface area (Å²) >= 11 is 0. The molecular weight excluding hydrogens is 386 g/mol. The maximum Gasteiger partial charge on any atom is 0.161 e. The molecule has 2 aliphatic heterocycles. The van der Waals surface area contributed by atoms with Gasteiger partial charge < -0.3 is 14.4 Å². The normalized spacial score (nSPS) is 22.0. The monoisotopic (exact) mass is 415 g/mol. The summed E-state index contributed by atoms with van der Waals surface area (Å²) in [4.78, 5) is 2.52. The largest absolute Gasteiger partial charge is 0.493 e. The Kier molecular flexibility index (Phi) is 5.30. The Balaban J connectivity index is 1.49. The lowest BCUT2D eigenvalue weighted by Gasteiger charge is -2.39. The molecule has 0 radical (unpaired) electrons. The molecule has 3 atom stereocenters. The minimum Gasteiger partial charge on any atom is -0.493 e. The summed E-state index contributed by atoms with van der Waals surface area (Å²) in [6.45, 7) is 4.02. The summed E-state index contributed by atoms with van der Waals surface area (Å²) in [6.07, 6.45) is 0. The van der Waals surface area contributed by atoms with E-state index in [4.69, 9.17) is 9.47 Å². The highest BCUT2D eigenvalue weighted by Gasteiger charge is 2.43. The molecule has 5 rings (SSSR count). The summed E-state index contributed by atoms with van der Waals surface area (Å²) in [5, 5.41) is 0. The number of anilines is 1. The molecule has 5 heteroatoms. The Morgan fingerprint density at radius 1 is 0.871 bits per heavy atom. The van der Waals surface area contributed by atoms with Gasteiger partial charge in [0.05, 0.1) is 26.3 Å². The molecule has 0 spiro atoms. The van der Waals surface area contributed by atoms with Gasteiger partial charge in [0.15, 0.2) is 11.5 Å². The molecule has 1 saturated heterocycles. The number of nitrogens with zero attached hydrogens (tertiary/aromatic N) is 1. The van der Waals surface area contributed by atoms with Gasteiger partial charge in [0.2, 0.25) is 0 Å². The molecule has 0 aliphatic carbocycles. The average molecular weight is 416 g/mol. The fraction of sp³-hybridized carbons (Fsp3) is 0.308. The molecule has 31 heavy (non-hydrogen) atoms. The number of rotatable bonds is 5. The van der Waals surface area contributed by atoms with E-state index in [2.05, 4.69) is 83.3 Å². The van der Waals surface area contributed by atoms with Crippen LogP contribution in [0.3, 0.4) is 0 Å². The van der Waals surface area contributed by atoms with E-state index in [1.54, 1.807) is 14.2 Å². The predicted octanol–water partition coefficient (Wildman–Crippen LogP) is 4.54. The van der Waals surface area contributed by atoms with Crippen molar-refractivity contribution in [2.45, 2.75) is 25.6 Å². The lowest BCUT2D eigenvalue weighted by Crippen LogP contribution is -2.39. The highest BCUT2D eigenvalue weighted by Crippen LogP contribution is 2.46. The number of aryl methyl sites for hydroxylation is 1. The third-order valence-corrected chi connectivity index (χ3v) is 6.52. The zero-order valence-corrected chi connectivity index (χ0v) is 18.3. The molecule has 3 unspecified atom stereocenters. The first kappa shape index (κ1) is 19.9. The molecule has 160 valence electrons. The van der Waals surface area contributed by atoms with E-state index in [0.717, 1.165) is 24.6 Å². The summed E-state index contributed by atoms with van der Waals surface area (Å²) < 4.78 is 11.0. The second-order valence-corrected chi connectivity index (χ2v) is 8.45. The fourth-order valence-corrected chi connectivity index (χ4v) is 5.05. The number of methoxy groups -OCH3 is 2. The molecule has 2 aliphatic rings. The number of nitrogens with one attached hydrogen (secondary N) is 2. The zero-order valence-electron chi connectivity index (χ0n) is 18.3.